The summed E-state index contributed by atoms with van der Waals surface area (Å²) in [6.07, 6.45) is -0.655. The van der Waals surface area contributed by atoms with Gasteiger partial charge in [-0.25, -0.2) is 0 Å². The van der Waals surface area contributed by atoms with Crippen molar-refractivity contribution in [1.82, 2.24) is 0 Å². The third kappa shape index (κ3) is 4.79. The van der Waals surface area contributed by atoms with Gasteiger partial charge < -0.3 is 29.4 Å². The summed E-state index contributed by atoms with van der Waals surface area (Å²) in [7, 11) is 4.52. The molecule has 0 atom stereocenters. The molecule has 0 aromatic heterocycles. The molecule has 138 valence electrons. The van der Waals surface area contributed by atoms with Crippen LogP contribution in [0.15, 0.2) is 36.4 Å². The van der Waals surface area contributed by atoms with Gasteiger partial charge in [0.2, 0.25) is 5.91 Å². The Morgan fingerprint density at radius 1 is 0.885 bits per heavy atom. The van der Waals surface area contributed by atoms with Crippen LogP contribution in [0.3, 0.4) is 0 Å². The Morgan fingerprint density at radius 3 is 2.08 bits per heavy atom. The van der Waals surface area contributed by atoms with Crippen LogP contribution in [0.25, 0.3) is 0 Å². The predicted molar refractivity (Wildman–Crippen MR) is 93.5 cm³/mol. The number of carbonyl (C=O) groups is 2. The van der Waals surface area contributed by atoms with Gasteiger partial charge in [-0.3, -0.25) is 9.59 Å². The van der Waals surface area contributed by atoms with E-state index in [-0.39, 0.29) is 5.75 Å². The van der Waals surface area contributed by atoms with Crippen molar-refractivity contribution in [2.24, 2.45) is 0 Å². The van der Waals surface area contributed by atoms with Crippen LogP contribution in [0.4, 0.5) is 5.69 Å². The molecule has 8 heteroatoms. The summed E-state index contributed by atoms with van der Waals surface area (Å²) in [6.45, 7) is 0. The monoisotopic (exact) mass is 361 g/mol. The van der Waals surface area contributed by atoms with Crippen LogP contribution < -0.4 is 24.3 Å². The Balaban J connectivity index is 2.34. The first-order chi connectivity index (χ1) is 12.5. The molecule has 2 N–H and O–H groups in total. The Hall–Kier alpha value is -3.42. The minimum absolute atomic E-state index is 0.270. The van der Waals surface area contributed by atoms with Gasteiger partial charge in [0.25, 0.3) is 0 Å². The lowest BCUT2D eigenvalue weighted by Crippen LogP contribution is -2.16. The van der Waals surface area contributed by atoms with Crippen LogP contribution in [0.5, 0.6) is 28.7 Å². The predicted octanol–water partition coefficient (Wildman–Crippen LogP) is 2.92. The van der Waals surface area contributed by atoms with Gasteiger partial charge in [0.1, 0.15) is 17.9 Å². The minimum atomic E-state index is -1.23. The van der Waals surface area contributed by atoms with Crippen LogP contribution >= 0.6 is 0 Å². The molecule has 0 radical (unpaired) electrons. The van der Waals surface area contributed by atoms with E-state index in [2.05, 4.69) is 5.32 Å². The maximum atomic E-state index is 11.8. The molecule has 2 rings (SSSR count). The van der Waals surface area contributed by atoms with E-state index in [1.807, 2.05) is 0 Å². The Morgan fingerprint density at radius 2 is 1.50 bits per heavy atom. The number of benzene rings is 2. The molecule has 0 aliphatic rings. The number of nitrogens with one attached hydrogen (secondary N) is 1. The van der Waals surface area contributed by atoms with Crippen molar-refractivity contribution in [2.75, 3.05) is 26.6 Å². The van der Waals surface area contributed by atoms with Crippen LogP contribution in [0, 0.1) is 0 Å². The molecule has 0 saturated heterocycles. The number of ether oxygens (including phenoxy) is 4. The second kappa shape index (κ2) is 8.61. The van der Waals surface area contributed by atoms with Crippen LogP contribution in [-0.4, -0.2) is 38.3 Å². The summed E-state index contributed by atoms with van der Waals surface area (Å²) in [5.41, 5.74) is 0.301. The van der Waals surface area contributed by atoms with Crippen molar-refractivity contribution in [3.8, 4) is 28.7 Å². The zero-order valence-corrected chi connectivity index (χ0v) is 14.6. The SMILES string of the molecule is COc1ccc(NC(=O)CC(=O)O)c(Oc2ccc(OC)cc2OC)c1. The molecule has 0 unspecified atom stereocenters. The lowest BCUT2D eigenvalue weighted by atomic mass is 10.2. The van der Waals surface area contributed by atoms with Gasteiger partial charge in [0.15, 0.2) is 17.2 Å². The number of carbonyl (C=O) groups excluding carboxylic acids is 1. The first-order valence-corrected chi connectivity index (χ1v) is 7.56. The fourth-order valence-corrected chi connectivity index (χ4v) is 2.13. The molecule has 0 saturated carbocycles. The summed E-state index contributed by atoms with van der Waals surface area (Å²) in [5.74, 6) is 0.278. The Bertz CT molecular complexity index is 804. The second-order valence-corrected chi connectivity index (χ2v) is 5.10. The van der Waals surface area contributed by atoms with Gasteiger partial charge in [-0.05, 0) is 24.3 Å². The summed E-state index contributed by atoms with van der Waals surface area (Å²) in [4.78, 5) is 22.4. The number of hydrogen-bond acceptors (Lipinski definition) is 6. The number of methoxy groups -OCH3 is 3. The van der Waals surface area contributed by atoms with Crippen molar-refractivity contribution in [1.29, 1.82) is 0 Å². The highest BCUT2D eigenvalue weighted by Crippen LogP contribution is 2.38. The molecular weight excluding hydrogens is 342 g/mol. The number of rotatable bonds is 8. The quantitative estimate of drug-likeness (QED) is 0.697. The lowest BCUT2D eigenvalue weighted by molar-refractivity contribution is -0.139. The highest BCUT2D eigenvalue weighted by molar-refractivity contribution is 6.02. The average Bonchev–Trinajstić information content (AvgIpc) is 2.62. The molecule has 1 amide bonds. The fourth-order valence-electron chi connectivity index (χ4n) is 2.13. The van der Waals surface area contributed by atoms with E-state index in [1.165, 1.54) is 21.3 Å². The Labute approximate surface area is 150 Å². The minimum Gasteiger partial charge on any atom is -0.497 e. The van der Waals surface area contributed by atoms with Crippen LogP contribution in [-0.2, 0) is 9.59 Å². The van der Waals surface area contributed by atoms with Gasteiger partial charge >= 0.3 is 5.97 Å². The van der Waals surface area contributed by atoms with Gasteiger partial charge in [0.05, 0.1) is 27.0 Å². The van der Waals surface area contributed by atoms with E-state index < -0.39 is 18.3 Å². The molecule has 0 heterocycles. The largest absolute Gasteiger partial charge is 0.497 e. The molecule has 0 spiro atoms. The number of carboxylic acids is 1. The molecule has 26 heavy (non-hydrogen) atoms. The fraction of sp³-hybridized carbons (Fsp3) is 0.222. The van der Waals surface area contributed by atoms with E-state index in [1.54, 1.807) is 36.4 Å². The van der Waals surface area contributed by atoms with Crippen molar-refractivity contribution >= 4 is 17.6 Å². The molecular formula is C18H19NO7. The van der Waals surface area contributed by atoms with E-state index >= 15 is 0 Å². The normalized spacial score (nSPS) is 9.96. The van der Waals surface area contributed by atoms with Crippen molar-refractivity contribution in [3.05, 3.63) is 36.4 Å². The number of amides is 1. The molecule has 0 fully saturated rings. The highest BCUT2D eigenvalue weighted by Gasteiger charge is 2.15. The summed E-state index contributed by atoms with van der Waals surface area (Å²) < 4.78 is 21.5. The zero-order valence-electron chi connectivity index (χ0n) is 14.6. The summed E-state index contributed by atoms with van der Waals surface area (Å²) in [5, 5.41) is 11.2. The number of carboxylic acid groups (broad SMARTS) is 1. The molecule has 0 aliphatic heterocycles. The van der Waals surface area contributed by atoms with Gasteiger partial charge in [-0.2, -0.15) is 0 Å². The summed E-state index contributed by atoms with van der Waals surface area (Å²) >= 11 is 0. The zero-order chi connectivity index (χ0) is 19.1. The third-order valence-electron chi connectivity index (χ3n) is 3.37. The van der Waals surface area contributed by atoms with Crippen molar-refractivity contribution in [3.63, 3.8) is 0 Å². The standard InChI is InChI=1S/C18H19NO7/c1-23-11-4-6-13(19-17(20)10-18(21)22)15(8-11)26-14-7-5-12(24-2)9-16(14)25-3/h4-9H,10H2,1-3H3,(H,19,20)(H,21,22). The van der Waals surface area contributed by atoms with E-state index in [0.717, 1.165) is 0 Å². The average molecular weight is 361 g/mol. The highest BCUT2D eigenvalue weighted by atomic mass is 16.5. The van der Waals surface area contributed by atoms with Gasteiger partial charge in [-0.15, -0.1) is 0 Å². The first-order valence-electron chi connectivity index (χ1n) is 7.56. The van der Waals surface area contributed by atoms with Gasteiger partial charge in [0, 0.05) is 12.1 Å². The number of hydrogen-bond donors (Lipinski definition) is 2. The maximum absolute atomic E-state index is 11.8. The summed E-state index contributed by atoms with van der Waals surface area (Å²) in [6, 6.07) is 9.75. The van der Waals surface area contributed by atoms with Gasteiger partial charge in [-0.1, -0.05) is 0 Å². The first kappa shape index (κ1) is 18.9. The second-order valence-electron chi connectivity index (χ2n) is 5.10. The molecule has 2 aromatic rings. The number of aliphatic carboxylic acids is 1. The van der Waals surface area contributed by atoms with E-state index in [4.69, 9.17) is 24.1 Å². The van der Waals surface area contributed by atoms with Crippen LogP contribution in [0.2, 0.25) is 0 Å². The van der Waals surface area contributed by atoms with Crippen LogP contribution in [0.1, 0.15) is 6.42 Å². The molecule has 8 nitrogen and oxygen atoms in total. The Kier molecular flexibility index (Phi) is 6.26. The van der Waals surface area contributed by atoms with Crippen molar-refractivity contribution < 1.29 is 33.6 Å². The van der Waals surface area contributed by atoms with Crippen molar-refractivity contribution in [2.45, 2.75) is 6.42 Å². The lowest BCUT2D eigenvalue weighted by Gasteiger charge is -2.15. The molecule has 0 bridgehead atoms. The topological polar surface area (TPSA) is 103 Å². The number of anilines is 1. The van der Waals surface area contributed by atoms with E-state index in [9.17, 15) is 9.59 Å². The van der Waals surface area contributed by atoms with E-state index in [0.29, 0.717) is 28.7 Å². The molecule has 0 aliphatic carbocycles. The smallest absolute Gasteiger partial charge is 0.312 e. The maximum Gasteiger partial charge on any atom is 0.312 e. The molecule has 2 aromatic carbocycles. The third-order valence-corrected chi connectivity index (χ3v) is 3.37.